The lowest BCUT2D eigenvalue weighted by atomic mass is 9.82. The van der Waals surface area contributed by atoms with Gasteiger partial charge in [0, 0.05) is 6.54 Å². The van der Waals surface area contributed by atoms with Crippen molar-refractivity contribution in [3.63, 3.8) is 0 Å². The molecule has 0 heterocycles. The molecular weight excluding hydrogens is 334 g/mol. The maximum Gasteiger partial charge on any atom is 0.335 e. The number of carbonyl (C=O) groups is 2. The van der Waals surface area contributed by atoms with Crippen molar-refractivity contribution in [3.8, 4) is 5.75 Å². The molecular formula is C16H22ClN3O4. The SMILES string of the molecule is Cl.N=C(N)NC[C@H]1CC[C@H](C(=O)Oc2ccc(C(=O)O)cc2)CC1. The highest BCUT2D eigenvalue weighted by Gasteiger charge is 2.27. The molecule has 7 nitrogen and oxygen atoms in total. The van der Waals surface area contributed by atoms with Crippen LogP contribution < -0.4 is 15.8 Å². The summed E-state index contributed by atoms with van der Waals surface area (Å²) in [6.45, 7) is 0.660. The molecule has 1 saturated carbocycles. The molecule has 1 aromatic rings. The van der Waals surface area contributed by atoms with Crippen molar-refractivity contribution in [1.82, 2.24) is 5.32 Å². The van der Waals surface area contributed by atoms with E-state index < -0.39 is 5.97 Å². The maximum absolute atomic E-state index is 12.2. The van der Waals surface area contributed by atoms with E-state index in [0.717, 1.165) is 25.7 Å². The number of carboxylic acids is 1. The largest absolute Gasteiger partial charge is 0.478 e. The Hall–Kier alpha value is -2.28. The molecule has 0 aromatic heterocycles. The zero-order valence-corrected chi connectivity index (χ0v) is 14.0. The zero-order chi connectivity index (χ0) is 16.8. The first kappa shape index (κ1) is 19.8. The Morgan fingerprint density at radius 1 is 1.21 bits per heavy atom. The van der Waals surface area contributed by atoms with Gasteiger partial charge < -0.3 is 20.9 Å². The number of nitrogens with one attached hydrogen (secondary N) is 2. The molecule has 2 rings (SSSR count). The monoisotopic (exact) mass is 355 g/mol. The summed E-state index contributed by atoms with van der Waals surface area (Å²) in [7, 11) is 0. The van der Waals surface area contributed by atoms with Crippen LogP contribution in [0.2, 0.25) is 0 Å². The minimum atomic E-state index is -1.01. The number of guanidine groups is 1. The molecule has 1 fully saturated rings. The summed E-state index contributed by atoms with van der Waals surface area (Å²) in [5, 5.41) is 18.8. The van der Waals surface area contributed by atoms with Gasteiger partial charge in [0.05, 0.1) is 11.5 Å². The molecule has 1 aliphatic carbocycles. The molecule has 8 heteroatoms. The lowest BCUT2D eigenvalue weighted by molar-refractivity contribution is -0.140. The first-order chi connectivity index (χ1) is 11.0. The third-order valence-corrected chi connectivity index (χ3v) is 4.08. The fraction of sp³-hybridized carbons (Fsp3) is 0.438. The third kappa shape index (κ3) is 5.73. The number of rotatable bonds is 5. The molecule has 0 saturated heterocycles. The molecule has 1 aliphatic rings. The van der Waals surface area contributed by atoms with Gasteiger partial charge in [-0.05, 0) is 55.9 Å². The Balaban J connectivity index is 0.00000288. The number of halogens is 1. The van der Waals surface area contributed by atoms with Crippen molar-refractivity contribution < 1.29 is 19.4 Å². The van der Waals surface area contributed by atoms with Crippen molar-refractivity contribution in [1.29, 1.82) is 5.41 Å². The molecule has 24 heavy (non-hydrogen) atoms. The van der Waals surface area contributed by atoms with Crippen LogP contribution in [0.15, 0.2) is 24.3 Å². The van der Waals surface area contributed by atoms with Gasteiger partial charge in [-0.25, -0.2) is 4.79 Å². The summed E-state index contributed by atoms with van der Waals surface area (Å²) in [6, 6.07) is 5.80. The van der Waals surface area contributed by atoms with E-state index in [9.17, 15) is 9.59 Å². The number of ether oxygens (including phenoxy) is 1. The lowest BCUT2D eigenvalue weighted by Gasteiger charge is -2.27. The van der Waals surface area contributed by atoms with E-state index in [1.165, 1.54) is 24.3 Å². The van der Waals surface area contributed by atoms with Crippen LogP contribution in [-0.4, -0.2) is 29.5 Å². The zero-order valence-electron chi connectivity index (χ0n) is 13.2. The summed E-state index contributed by atoms with van der Waals surface area (Å²) < 4.78 is 5.32. The molecule has 0 amide bonds. The molecule has 0 bridgehead atoms. The van der Waals surface area contributed by atoms with Crippen LogP contribution in [0, 0.1) is 17.2 Å². The average molecular weight is 356 g/mol. The van der Waals surface area contributed by atoms with Gasteiger partial charge in [0.15, 0.2) is 5.96 Å². The molecule has 0 atom stereocenters. The second-order valence-electron chi connectivity index (χ2n) is 5.76. The fourth-order valence-electron chi connectivity index (χ4n) is 2.72. The first-order valence-corrected chi connectivity index (χ1v) is 7.58. The van der Waals surface area contributed by atoms with Crippen LogP contribution in [0.25, 0.3) is 0 Å². The Bertz CT molecular complexity index is 583. The first-order valence-electron chi connectivity index (χ1n) is 7.58. The molecule has 0 radical (unpaired) electrons. The number of carboxylic acid groups (broad SMARTS) is 1. The highest BCUT2D eigenvalue weighted by Crippen LogP contribution is 2.29. The lowest BCUT2D eigenvalue weighted by Crippen LogP contribution is -2.36. The van der Waals surface area contributed by atoms with E-state index in [2.05, 4.69) is 5.32 Å². The number of nitrogens with two attached hydrogens (primary N) is 1. The number of aromatic carboxylic acids is 1. The van der Waals surface area contributed by atoms with Crippen LogP contribution in [0.3, 0.4) is 0 Å². The van der Waals surface area contributed by atoms with Crippen LogP contribution in [0.5, 0.6) is 5.75 Å². The molecule has 132 valence electrons. The summed E-state index contributed by atoms with van der Waals surface area (Å²) in [5.74, 6) is -0.677. The van der Waals surface area contributed by atoms with E-state index in [1.54, 1.807) is 0 Å². The Kier molecular flexibility index (Phi) is 7.51. The highest BCUT2D eigenvalue weighted by molar-refractivity contribution is 5.87. The summed E-state index contributed by atoms with van der Waals surface area (Å²) >= 11 is 0. The second kappa shape index (κ2) is 9.12. The van der Waals surface area contributed by atoms with Crippen LogP contribution in [0.4, 0.5) is 0 Å². The van der Waals surface area contributed by atoms with Crippen molar-refractivity contribution in [2.75, 3.05) is 6.54 Å². The van der Waals surface area contributed by atoms with Crippen molar-refractivity contribution in [3.05, 3.63) is 29.8 Å². The van der Waals surface area contributed by atoms with Gasteiger partial charge in [-0.15, -0.1) is 12.4 Å². The van der Waals surface area contributed by atoms with Crippen molar-refractivity contribution in [2.45, 2.75) is 25.7 Å². The highest BCUT2D eigenvalue weighted by atomic mass is 35.5. The minimum Gasteiger partial charge on any atom is -0.478 e. The standard InChI is InChI=1S/C16H21N3O4.ClH/c17-16(18)19-9-10-1-3-12(4-2-10)15(22)23-13-7-5-11(6-8-13)14(20)21;/h5-8,10,12H,1-4,9H2,(H,20,21)(H4,17,18,19);1H/t10-,12-;. The van der Waals surface area contributed by atoms with Crippen LogP contribution in [0.1, 0.15) is 36.0 Å². The normalized spacial score (nSPS) is 19.7. The quantitative estimate of drug-likeness (QED) is 0.277. The van der Waals surface area contributed by atoms with Crippen LogP contribution >= 0.6 is 12.4 Å². The second-order valence-corrected chi connectivity index (χ2v) is 5.76. The smallest absolute Gasteiger partial charge is 0.335 e. The molecule has 0 aliphatic heterocycles. The van der Waals surface area contributed by atoms with Gasteiger partial charge >= 0.3 is 11.9 Å². The van der Waals surface area contributed by atoms with Gasteiger partial charge in [-0.2, -0.15) is 0 Å². The number of hydrogen-bond donors (Lipinski definition) is 4. The molecule has 0 unspecified atom stereocenters. The van der Waals surface area contributed by atoms with Crippen molar-refractivity contribution in [2.24, 2.45) is 17.6 Å². The number of benzene rings is 1. The number of esters is 1. The van der Waals surface area contributed by atoms with E-state index in [0.29, 0.717) is 18.2 Å². The van der Waals surface area contributed by atoms with E-state index in [4.69, 9.17) is 21.0 Å². The minimum absolute atomic E-state index is 0. The third-order valence-electron chi connectivity index (χ3n) is 4.08. The average Bonchev–Trinajstić information content (AvgIpc) is 2.54. The predicted octanol–water partition coefficient (Wildman–Crippen LogP) is 2.00. The van der Waals surface area contributed by atoms with Gasteiger partial charge in [0.1, 0.15) is 5.75 Å². The summed E-state index contributed by atoms with van der Waals surface area (Å²) in [6.07, 6.45) is 3.27. The van der Waals surface area contributed by atoms with E-state index in [-0.39, 0.29) is 35.8 Å². The predicted molar refractivity (Wildman–Crippen MR) is 91.6 cm³/mol. The van der Waals surface area contributed by atoms with E-state index in [1.807, 2.05) is 0 Å². The molecule has 5 N–H and O–H groups in total. The van der Waals surface area contributed by atoms with Gasteiger partial charge in [0.2, 0.25) is 0 Å². The Morgan fingerprint density at radius 2 is 1.79 bits per heavy atom. The molecule has 1 aromatic carbocycles. The van der Waals surface area contributed by atoms with Crippen molar-refractivity contribution >= 4 is 30.3 Å². The number of carbonyl (C=O) groups excluding carboxylic acids is 1. The van der Waals surface area contributed by atoms with E-state index >= 15 is 0 Å². The topological polar surface area (TPSA) is 126 Å². The number of hydrogen-bond acceptors (Lipinski definition) is 4. The Morgan fingerprint density at radius 3 is 2.29 bits per heavy atom. The summed E-state index contributed by atoms with van der Waals surface area (Å²) in [4.78, 5) is 22.9. The van der Waals surface area contributed by atoms with Gasteiger partial charge in [0.25, 0.3) is 0 Å². The fourth-order valence-corrected chi connectivity index (χ4v) is 2.72. The maximum atomic E-state index is 12.2. The molecule has 0 spiro atoms. The summed E-state index contributed by atoms with van der Waals surface area (Å²) in [5.41, 5.74) is 5.42. The van der Waals surface area contributed by atoms with Gasteiger partial charge in [-0.3, -0.25) is 10.2 Å². The Labute approximate surface area is 146 Å². The van der Waals surface area contributed by atoms with Gasteiger partial charge in [-0.1, -0.05) is 0 Å². The van der Waals surface area contributed by atoms with Crippen LogP contribution in [-0.2, 0) is 4.79 Å².